The Morgan fingerprint density at radius 1 is 1.42 bits per heavy atom. The first-order chi connectivity index (χ1) is 8.83. The van der Waals surface area contributed by atoms with Crippen molar-refractivity contribution in [1.29, 1.82) is 0 Å². The molecule has 0 fully saturated rings. The lowest BCUT2D eigenvalue weighted by Gasteiger charge is -2.16. The van der Waals surface area contributed by atoms with E-state index in [9.17, 15) is 4.79 Å². The lowest BCUT2D eigenvalue weighted by Crippen LogP contribution is -2.19. The molecule has 0 aliphatic carbocycles. The number of amides is 1. The monoisotopic (exact) mass is 277 g/mol. The van der Waals surface area contributed by atoms with Gasteiger partial charge in [-0.25, -0.2) is 0 Å². The van der Waals surface area contributed by atoms with Crippen LogP contribution in [-0.4, -0.2) is 16.1 Å². The molecule has 5 heteroatoms. The van der Waals surface area contributed by atoms with E-state index >= 15 is 0 Å². The van der Waals surface area contributed by atoms with E-state index < -0.39 is 0 Å². The Hall–Kier alpha value is -1.62. The molecule has 19 heavy (non-hydrogen) atoms. The maximum atomic E-state index is 11.8. The molecule has 0 spiro atoms. The fraction of sp³-hybridized carbons (Fsp3) is 0.429. The molecule has 1 amide bonds. The van der Waals surface area contributed by atoms with Gasteiger partial charge in [-0.1, -0.05) is 20.8 Å². The molecule has 2 N–H and O–H groups in total. The Kier molecular flexibility index (Phi) is 3.75. The molecule has 4 nitrogen and oxygen atoms in total. The average Bonchev–Trinajstić information content (AvgIpc) is 2.83. The second-order valence-electron chi connectivity index (χ2n) is 5.86. The molecular formula is C14H19N3OS. The Morgan fingerprint density at radius 2 is 2.16 bits per heavy atom. The zero-order valence-electron chi connectivity index (χ0n) is 11.7. The van der Waals surface area contributed by atoms with Crippen molar-refractivity contribution < 1.29 is 4.79 Å². The van der Waals surface area contributed by atoms with Gasteiger partial charge < -0.3 is 5.32 Å². The van der Waals surface area contributed by atoms with E-state index in [-0.39, 0.29) is 11.3 Å². The van der Waals surface area contributed by atoms with Gasteiger partial charge in [0.05, 0.1) is 10.6 Å². The first-order valence-corrected chi connectivity index (χ1v) is 7.07. The molecular weight excluding hydrogens is 258 g/mol. The summed E-state index contributed by atoms with van der Waals surface area (Å²) in [6.45, 7) is 8.18. The number of hydrogen-bond acceptors (Lipinski definition) is 3. The summed E-state index contributed by atoms with van der Waals surface area (Å²) >= 11 is 1.70. The van der Waals surface area contributed by atoms with Gasteiger partial charge in [-0.2, -0.15) is 5.10 Å². The number of aryl methyl sites for hydroxylation is 1. The quantitative estimate of drug-likeness (QED) is 0.896. The van der Waals surface area contributed by atoms with Crippen molar-refractivity contribution in [3.05, 3.63) is 23.1 Å². The third-order valence-corrected chi connectivity index (χ3v) is 3.58. The van der Waals surface area contributed by atoms with Crippen LogP contribution in [0.15, 0.2) is 18.2 Å². The van der Waals surface area contributed by atoms with E-state index in [0.29, 0.717) is 12.2 Å². The van der Waals surface area contributed by atoms with Crippen molar-refractivity contribution in [3.63, 3.8) is 0 Å². The van der Waals surface area contributed by atoms with Gasteiger partial charge in [0.25, 0.3) is 0 Å². The molecule has 0 radical (unpaired) electrons. The van der Waals surface area contributed by atoms with E-state index in [4.69, 9.17) is 0 Å². The number of anilines is 1. The Labute approximate surface area is 117 Å². The summed E-state index contributed by atoms with van der Waals surface area (Å²) in [7, 11) is 0. The molecule has 0 bridgehead atoms. The first kappa shape index (κ1) is 13.8. The second kappa shape index (κ2) is 5.17. The van der Waals surface area contributed by atoms with E-state index in [1.165, 1.54) is 4.88 Å². The smallest absolute Gasteiger partial charge is 0.226 e. The summed E-state index contributed by atoms with van der Waals surface area (Å²) in [5.41, 5.74) is 0.915. The summed E-state index contributed by atoms with van der Waals surface area (Å²) < 4.78 is 0. The topological polar surface area (TPSA) is 57.8 Å². The van der Waals surface area contributed by atoms with Crippen LogP contribution in [0.5, 0.6) is 0 Å². The van der Waals surface area contributed by atoms with E-state index in [0.717, 1.165) is 10.6 Å². The summed E-state index contributed by atoms with van der Waals surface area (Å²) in [6.07, 6.45) is 0.479. The molecule has 2 aromatic rings. The zero-order valence-corrected chi connectivity index (χ0v) is 12.5. The van der Waals surface area contributed by atoms with Gasteiger partial charge in [0, 0.05) is 17.4 Å². The molecule has 0 aliphatic heterocycles. The predicted octanol–water partition coefficient (Wildman–Crippen LogP) is 3.82. The van der Waals surface area contributed by atoms with Crippen LogP contribution in [0, 0.1) is 12.3 Å². The van der Waals surface area contributed by atoms with Crippen molar-refractivity contribution in [3.8, 4) is 10.6 Å². The van der Waals surface area contributed by atoms with Gasteiger partial charge in [-0.3, -0.25) is 9.89 Å². The van der Waals surface area contributed by atoms with Gasteiger partial charge in [0.15, 0.2) is 5.82 Å². The molecule has 102 valence electrons. The average molecular weight is 277 g/mol. The van der Waals surface area contributed by atoms with E-state index in [2.05, 4.69) is 28.5 Å². The zero-order chi connectivity index (χ0) is 14.0. The molecule has 2 rings (SSSR count). The lowest BCUT2D eigenvalue weighted by molar-refractivity contribution is -0.117. The maximum absolute atomic E-state index is 11.8. The highest BCUT2D eigenvalue weighted by Gasteiger charge is 2.17. The Bertz CT molecular complexity index is 578. The minimum Gasteiger partial charge on any atom is -0.309 e. The molecule has 0 atom stereocenters. The summed E-state index contributed by atoms with van der Waals surface area (Å²) in [6, 6.07) is 5.98. The van der Waals surface area contributed by atoms with Crippen LogP contribution in [0.25, 0.3) is 10.6 Å². The number of carbonyl (C=O) groups is 1. The van der Waals surface area contributed by atoms with Crippen LogP contribution in [0.2, 0.25) is 0 Å². The van der Waals surface area contributed by atoms with Crippen molar-refractivity contribution >= 4 is 23.1 Å². The minimum atomic E-state index is -0.0198. The SMILES string of the molecule is Cc1ccc(-c2cc(NC(=O)CC(C)(C)C)n[nH]2)s1. The molecule has 0 aromatic carbocycles. The first-order valence-electron chi connectivity index (χ1n) is 6.25. The highest BCUT2D eigenvalue weighted by Crippen LogP contribution is 2.27. The molecule has 0 aliphatic rings. The van der Waals surface area contributed by atoms with Gasteiger partial charge in [0.1, 0.15) is 0 Å². The lowest BCUT2D eigenvalue weighted by atomic mass is 9.92. The van der Waals surface area contributed by atoms with Gasteiger partial charge in [0.2, 0.25) is 5.91 Å². The number of thiophene rings is 1. The number of rotatable bonds is 3. The number of nitrogens with one attached hydrogen (secondary N) is 2. The third-order valence-electron chi connectivity index (χ3n) is 2.54. The summed E-state index contributed by atoms with van der Waals surface area (Å²) in [5, 5.41) is 9.89. The highest BCUT2D eigenvalue weighted by atomic mass is 32.1. The van der Waals surface area contributed by atoms with Crippen LogP contribution in [0.4, 0.5) is 5.82 Å². The van der Waals surface area contributed by atoms with Crippen LogP contribution < -0.4 is 5.32 Å². The number of H-pyrrole nitrogens is 1. The molecule has 0 saturated heterocycles. The van der Waals surface area contributed by atoms with E-state index in [1.807, 2.05) is 32.9 Å². The van der Waals surface area contributed by atoms with Crippen LogP contribution in [0.3, 0.4) is 0 Å². The summed E-state index contributed by atoms with van der Waals surface area (Å²) in [4.78, 5) is 14.2. The van der Waals surface area contributed by atoms with Gasteiger partial charge in [-0.05, 0) is 24.5 Å². The second-order valence-corrected chi connectivity index (χ2v) is 7.15. The molecule has 0 unspecified atom stereocenters. The van der Waals surface area contributed by atoms with Crippen LogP contribution in [-0.2, 0) is 4.79 Å². The normalized spacial score (nSPS) is 11.6. The Balaban J connectivity index is 2.04. The minimum absolute atomic E-state index is 0.00656. The molecule has 2 aromatic heterocycles. The van der Waals surface area contributed by atoms with E-state index in [1.54, 1.807) is 11.3 Å². The summed E-state index contributed by atoms with van der Waals surface area (Å²) in [5.74, 6) is 0.572. The van der Waals surface area contributed by atoms with Crippen molar-refractivity contribution in [2.45, 2.75) is 34.1 Å². The third kappa shape index (κ3) is 3.92. The maximum Gasteiger partial charge on any atom is 0.226 e. The highest BCUT2D eigenvalue weighted by molar-refractivity contribution is 7.15. The predicted molar refractivity (Wildman–Crippen MR) is 79.3 cm³/mol. The molecule has 0 saturated carbocycles. The van der Waals surface area contributed by atoms with Crippen molar-refractivity contribution in [2.75, 3.05) is 5.32 Å². The van der Waals surface area contributed by atoms with Crippen LogP contribution >= 0.6 is 11.3 Å². The fourth-order valence-electron chi connectivity index (χ4n) is 1.76. The van der Waals surface area contributed by atoms with Crippen LogP contribution in [0.1, 0.15) is 32.1 Å². The number of aromatic amines is 1. The number of nitrogens with zero attached hydrogens (tertiary/aromatic N) is 1. The van der Waals surface area contributed by atoms with Gasteiger partial charge >= 0.3 is 0 Å². The number of aromatic nitrogens is 2. The fourth-order valence-corrected chi connectivity index (χ4v) is 2.59. The van der Waals surface area contributed by atoms with Crippen molar-refractivity contribution in [1.82, 2.24) is 10.2 Å². The Morgan fingerprint density at radius 3 is 2.74 bits per heavy atom. The number of hydrogen-bond donors (Lipinski definition) is 2. The largest absolute Gasteiger partial charge is 0.309 e. The standard InChI is InChI=1S/C14H19N3OS/c1-9-5-6-11(19-9)10-7-12(17-16-10)15-13(18)8-14(2,3)4/h5-7H,8H2,1-4H3,(H2,15,16,17,18). The van der Waals surface area contributed by atoms with Crippen molar-refractivity contribution in [2.24, 2.45) is 5.41 Å². The number of carbonyl (C=O) groups excluding carboxylic acids is 1. The van der Waals surface area contributed by atoms with Gasteiger partial charge in [-0.15, -0.1) is 11.3 Å². The molecule has 2 heterocycles.